The third-order valence-corrected chi connectivity index (χ3v) is 2.83. The third kappa shape index (κ3) is 3.33. The Kier molecular flexibility index (Phi) is 3.87. The number of rotatable bonds is 4. The lowest BCUT2D eigenvalue weighted by molar-refractivity contribution is 0.138. The van der Waals surface area contributed by atoms with Gasteiger partial charge in [0.05, 0.1) is 6.10 Å². The lowest BCUT2D eigenvalue weighted by atomic mass is 10.1. The van der Waals surface area contributed by atoms with Crippen molar-refractivity contribution < 1.29 is 14.6 Å². The number of hydrogen-bond donors (Lipinski definition) is 2. The van der Waals surface area contributed by atoms with E-state index in [0.29, 0.717) is 18.7 Å². The average molecular weight is 263 g/mol. The summed E-state index contributed by atoms with van der Waals surface area (Å²) in [6.07, 6.45) is -0.430. The topological polar surface area (TPSA) is 73.9 Å². The molecule has 2 N–H and O–H groups in total. The number of benzene rings is 1. The van der Waals surface area contributed by atoms with E-state index in [2.05, 4.69) is 0 Å². The number of aromatic hydroxyl groups is 1. The number of likely N-dealkylation sites (N-methyl/N-ethyl adjacent to an activating group) is 1. The molecule has 0 saturated carbocycles. The van der Waals surface area contributed by atoms with E-state index in [9.17, 15) is 15.0 Å². The first-order valence-corrected chi connectivity index (χ1v) is 6.08. The molecule has 1 heterocycles. The van der Waals surface area contributed by atoms with Gasteiger partial charge in [0.2, 0.25) is 0 Å². The van der Waals surface area contributed by atoms with Crippen molar-refractivity contribution in [1.82, 2.24) is 4.90 Å². The van der Waals surface area contributed by atoms with Crippen LogP contribution < -0.4 is 5.63 Å². The third-order valence-electron chi connectivity index (χ3n) is 2.83. The summed E-state index contributed by atoms with van der Waals surface area (Å²) in [5, 5.41) is 19.5. The summed E-state index contributed by atoms with van der Waals surface area (Å²) in [7, 11) is 1.87. The highest BCUT2D eigenvalue weighted by Crippen LogP contribution is 2.22. The maximum absolute atomic E-state index is 11.5. The van der Waals surface area contributed by atoms with Gasteiger partial charge in [-0.25, -0.2) is 4.79 Å². The number of aliphatic hydroxyl groups excluding tert-OH is 1. The van der Waals surface area contributed by atoms with Crippen molar-refractivity contribution in [3.8, 4) is 5.75 Å². The van der Waals surface area contributed by atoms with Gasteiger partial charge in [-0.3, -0.25) is 4.90 Å². The average Bonchev–Trinajstić information content (AvgIpc) is 2.26. The molecule has 1 atom stereocenters. The van der Waals surface area contributed by atoms with Gasteiger partial charge in [0.1, 0.15) is 11.3 Å². The molecule has 102 valence electrons. The highest BCUT2D eigenvalue weighted by atomic mass is 16.4. The molecule has 0 aliphatic heterocycles. The molecule has 0 amide bonds. The predicted octanol–water partition coefficient (Wildman–Crippen LogP) is 1.31. The number of aliphatic hydroxyl groups is 1. The highest BCUT2D eigenvalue weighted by Gasteiger charge is 2.10. The van der Waals surface area contributed by atoms with Gasteiger partial charge in [-0.05, 0) is 31.7 Å². The van der Waals surface area contributed by atoms with Crippen LogP contribution in [0.15, 0.2) is 33.5 Å². The van der Waals surface area contributed by atoms with Crippen LogP contribution in [0.2, 0.25) is 0 Å². The van der Waals surface area contributed by atoms with E-state index in [1.54, 1.807) is 19.1 Å². The molecule has 1 unspecified atom stereocenters. The predicted molar refractivity (Wildman–Crippen MR) is 72.2 cm³/mol. The second-order valence-electron chi connectivity index (χ2n) is 4.82. The van der Waals surface area contributed by atoms with Crippen LogP contribution in [0.5, 0.6) is 5.75 Å². The molecule has 2 rings (SSSR count). The molecule has 5 heteroatoms. The Hall–Kier alpha value is -1.85. The molecule has 1 aromatic heterocycles. The molecular formula is C14H17NO4. The quantitative estimate of drug-likeness (QED) is 0.814. The first kappa shape index (κ1) is 13.6. The van der Waals surface area contributed by atoms with E-state index in [1.807, 2.05) is 11.9 Å². The molecular weight excluding hydrogens is 246 g/mol. The Morgan fingerprint density at radius 3 is 2.79 bits per heavy atom. The standard InChI is InChI=1S/C14H17NO4/c1-9(16)7-15(2)8-10-5-14(18)19-13-6-11(17)3-4-12(10)13/h3-6,9,16-17H,7-8H2,1-2H3. The van der Waals surface area contributed by atoms with Crippen LogP contribution in [-0.4, -0.2) is 34.8 Å². The van der Waals surface area contributed by atoms with E-state index in [1.165, 1.54) is 12.1 Å². The van der Waals surface area contributed by atoms with Crippen molar-refractivity contribution in [2.24, 2.45) is 0 Å². The minimum atomic E-state index is -0.446. The van der Waals surface area contributed by atoms with E-state index < -0.39 is 11.7 Å². The van der Waals surface area contributed by atoms with Gasteiger partial charge in [0.25, 0.3) is 0 Å². The SMILES string of the molecule is CC(O)CN(C)Cc1cc(=O)oc2cc(O)ccc12. The Morgan fingerprint density at radius 2 is 2.11 bits per heavy atom. The molecule has 0 saturated heterocycles. The highest BCUT2D eigenvalue weighted by molar-refractivity contribution is 5.81. The summed E-state index contributed by atoms with van der Waals surface area (Å²) in [6, 6.07) is 6.15. The Balaban J connectivity index is 2.39. The van der Waals surface area contributed by atoms with Gasteiger partial charge in [0, 0.05) is 30.6 Å². The van der Waals surface area contributed by atoms with Crippen LogP contribution in [0.4, 0.5) is 0 Å². The fraction of sp³-hybridized carbons (Fsp3) is 0.357. The molecule has 0 spiro atoms. The number of nitrogens with zero attached hydrogens (tertiary/aromatic N) is 1. The molecule has 0 fully saturated rings. The molecule has 0 aliphatic carbocycles. The number of fused-ring (bicyclic) bond motifs is 1. The Labute approximate surface area is 110 Å². The summed E-state index contributed by atoms with van der Waals surface area (Å²) in [5.41, 5.74) is 0.737. The van der Waals surface area contributed by atoms with E-state index in [4.69, 9.17) is 4.42 Å². The van der Waals surface area contributed by atoms with Crippen molar-refractivity contribution in [3.63, 3.8) is 0 Å². The maximum Gasteiger partial charge on any atom is 0.336 e. The first-order chi connectivity index (χ1) is 8.95. The number of hydrogen-bond acceptors (Lipinski definition) is 5. The fourth-order valence-corrected chi connectivity index (χ4v) is 2.16. The van der Waals surface area contributed by atoms with E-state index in [-0.39, 0.29) is 5.75 Å². The summed E-state index contributed by atoms with van der Waals surface area (Å²) < 4.78 is 5.06. The number of phenolic OH excluding ortho intramolecular Hbond substituents is 1. The molecule has 0 aliphatic rings. The molecule has 2 aromatic rings. The van der Waals surface area contributed by atoms with E-state index >= 15 is 0 Å². The van der Waals surface area contributed by atoms with Crippen LogP contribution in [0.1, 0.15) is 12.5 Å². The van der Waals surface area contributed by atoms with Crippen molar-refractivity contribution >= 4 is 11.0 Å². The lowest BCUT2D eigenvalue weighted by Gasteiger charge is -2.18. The van der Waals surface area contributed by atoms with Gasteiger partial charge >= 0.3 is 5.63 Å². The van der Waals surface area contributed by atoms with Gasteiger partial charge < -0.3 is 14.6 Å². The monoisotopic (exact) mass is 263 g/mol. The fourth-order valence-electron chi connectivity index (χ4n) is 2.16. The summed E-state index contributed by atoms with van der Waals surface area (Å²) >= 11 is 0. The summed E-state index contributed by atoms with van der Waals surface area (Å²) in [4.78, 5) is 13.4. The molecule has 1 aromatic carbocycles. The zero-order chi connectivity index (χ0) is 14.0. The minimum absolute atomic E-state index is 0.0603. The zero-order valence-electron chi connectivity index (χ0n) is 11.0. The Morgan fingerprint density at radius 1 is 1.37 bits per heavy atom. The largest absolute Gasteiger partial charge is 0.508 e. The zero-order valence-corrected chi connectivity index (χ0v) is 11.0. The molecule has 0 radical (unpaired) electrons. The van der Waals surface area contributed by atoms with Crippen LogP contribution in [-0.2, 0) is 6.54 Å². The normalized spacial score (nSPS) is 13.1. The first-order valence-electron chi connectivity index (χ1n) is 6.08. The minimum Gasteiger partial charge on any atom is -0.508 e. The summed E-state index contributed by atoms with van der Waals surface area (Å²) in [6.45, 7) is 2.75. The lowest BCUT2D eigenvalue weighted by Crippen LogP contribution is -2.27. The van der Waals surface area contributed by atoms with Crippen molar-refractivity contribution in [3.05, 3.63) is 40.2 Å². The van der Waals surface area contributed by atoms with Crippen molar-refractivity contribution in [2.75, 3.05) is 13.6 Å². The van der Waals surface area contributed by atoms with Crippen LogP contribution in [0.3, 0.4) is 0 Å². The second-order valence-corrected chi connectivity index (χ2v) is 4.82. The van der Waals surface area contributed by atoms with Gasteiger partial charge in [-0.1, -0.05) is 0 Å². The van der Waals surface area contributed by atoms with Gasteiger partial charge in [0.15, 0.2) is 0 Å². The molecule has 5 nitrogen and oxygen atoms in total. The van der Waals surface area contributed by atoms with Crippen molar-refractivity contribution in [1.29, 1.82) is 0 Å². The van der Waals surface area contributed by atoms with Crippen LogP contribution in [0, 0.1) is 0 Å². The van der Waals surface area contributed by atoms with Crippen LogP contribution in [0.25, 0.3) is 11.0 Å². The number of phenols is 1. The Bertz CT molecular complexity index is 633. The van der Waals surface area contributed by atoms with Crippen LogP contribution >= 0.6 is 0 Å². The van der Waals surface area contributed by atoms with E-state index in [0.717, 1.165) is 10.9 Å². The van der Waals surface area contributed by atoms with Gasteiger partial charge in [-0.2, -0.15) is 0 Å². The summed E-state index contributed by atoms with van der Waals surface area (Å²) in [5.74, 6) is 0.0603. The van der Waals surface area contributed by atoms with Crippen molar-refractivity contribution in [2.45, 2.75) is 19.6 Å². The van der Waals surface area contributed by atoms with Gasteiger partial charge in [-0.15, -0.1) is 0 Å². The molecule has 0 bridgehead atoms. The maximum atomic E-state index is 11.5. The smallest absolute Gasteiger partial charge is 0.336 e. The molecule has 19 heavy (non-hydrogen) atoms. The second kappa shape index (κ2) is 5.42.